The van der Waals surface area contributed by atoms with E-state index >= 15 is 0 Å². The Morgan fingerprint density at radius 1 is 1.06 bits per heavy atom. The van der Waals surface area contributed by atoms with E-state index in [9.17, 15) is 27.6 Å². The maximum atomic E-state index is 14.7. The molecule has 5 fully saturated rings. The first kappa shape index (κ1) is 35.2. The van der Waals surface area contributed by atoms with Crippen molar-refractivity contribution >= 4 is 44.4 Å². The van der Waals surface area contributed by atoms with Crippen molar-refractivity contribution in [2.45, 2.75) is 114 Å². The van der Waals surface area contributed by atoms with Gasteiger partial charge in [-0.15, -0.1) is 6.58 Å². The molecule has 11 nitrogen and oxygen atoms in total. The molecule has 1 spiro atoms. The van der Waals surface area contributed by atoms with Crippen LogP contribution < -0.4 is 9.46 Å². The van der Waals surface area contributed by atoms with Gasteiger partial charge in [0.15, 0.2) is 5.78 Å². The van der Waals surface area contributed by atoms with Crippen LogP contribution in [0.15, 0.2) is 43.1 Å². The SMILES string of the molecule is C=C[C@@H]1C[C@]1(CC(=O)[C@@H]1C[C@@H]2CN1C(=O)[C@H](C1CCCC1)CC(=O)OCC1(CCCc3ccc4ccnc(c4c3)O2)CC1)C(=O)NS(=O)(=O)C1CC1. The smallest absolute Gasteiger partial charge is 0.306 e. The van der Waals surface area contributed by atoms with Gasteiger partial charge in [-0.1, -0.05) is 31.1 Å². The van der Waals surface area contributed by atoms with Crippen LogP contribution in [0.3, 0.4) is 0 Å². The molecule has 1 saturated heterocycles. The number of aromatic nitrogens is 1. The van der Waals surface area contributed by atoms with Gasteiger partial charge in [0.25, 0.3) is 0 Å². The number of carbonyl (C=O) groups is 4. The Bertz CT molecular complexity index is 1900. The first-order valence-electron chi connectivity index (χ1n) is 19.2. The Hall–Kier alpha value is -3.80. The zero-order valence-corrected chi connectivity index (χ0v) is 30.5. The van der Waals surface area contributed by atoms with Crippen molar-refractivity contribution in [3.63, 3.8) is 0 Å². The number of sulfonamides is 1. The first-order chi connectivity index (χ1) is 25.0. The fourth-order valence-corrected chi connectivity index (χ4v) is 10.5. The molecule has 2 amide bonds. The molecular weight excluding hydrogens is 683 g/mol. The standard InChI is InChI=1S/C40H49N3O8S/c1-2-28-21-40(28,38(47)42-52(48,49)30-11-12-30)22-34(44)33-19-29-23-43(33)37(46)32(26-7-3-4-8-26)20-35(45)50-24-39(15-16-39)14-5-6-25-9-10-27-13-17-41-36(51-29)31(27)18-25/h2,9-10,13,17-18,26,28-30,32-33H,1,3-8,11-12,14-16,19-24H2,(H,42,47)/t28-,29-,32+,33+,40-/m1/s1. The lowest BCUT2D eigenvalue weighted by molar-refractivity contribution is -0.153. The summed E-state index contributed by atoms with van der Waals surface area (Å²) in [7, 11) is -3.83. The summed E-state index contributed by atoms with van der Waals surface area (Å²) in [6, 6.07) is 7.31. The van der Waals surface area contributed by atoms with Gasteiger partial charge >= 0.3 is 5.97 Å². The summed E-state index contributed by atoms with van der Waals surface area (Å²) < 4.78 is 40.2. The highest BCUT2D eigenvalue weighted by Gasteiger charge is 2.61. The highest BCUT2D eigenvalue weighted by Crippen LogP contribution is 2.57. The average Bonchev–Trinajstić information content (AvgIpc) is 4.09. The van der Waals surface area contributed by atoms with Crippen LogP contribution in [0.1, 0.15) is 95.5 Å². The number of allylic oxidation sites excluding steroid dienone is 1. The molecule has 8 rings (SSSR count). The second kappa shape index (κ2) is 13.6. The Morgan fingerprint density at radius 2 is 1.85 bits per heavy atom. The molecule has 1 N–H and O–H groups in total. The van der Waals surface area contributed by atoms with Crippen LogP contribution in [0.2, 0.25) is 0 Å². The minimum Gasteiger partial charge on any atom is -0.472 e. The summed E-state index contributed by atoms with van der Waals surface area (Å²) in [5.41, 5.74) is -0.0996. The number of fused-ring (bicyclic) bond motifs is 3. The Balaban J connectivity index is 1.11. The Kier molecular flexibility index (Phi) is 9.19. The van der Waals surface area contributed by atoms with E-state index in [2.05, 4.69) is 34.5 Å². The second-order valence-corrected chi connectivity index (χ2v) is 18.5. The fraction of sp³-hybridized carbons (Fsp3) is 0.625. The number of rotatable bonds is 8. The normalized spacial score (nSPS) is 30.7. The third-order valence-corrected chi connectivity index (χ3v) is 14.7. The molecule has 12 heteroatoms. The van der Waals surface area contributed by atoms with E-state index in [1.165, 1.54) is 0 Å². The van der Waals surface area contributed by atoms with E-state index in [1.807, 2.05) is 6.07 Å². The molecule has 0 unspecified atom stereocenters. The lowest BCUT2D eigenvalue weighted by Gasteiger charge is -2.31. The molecule has 2 aromatic rings. The van der Waals surface area contributed by atoms with E-state index in [0.29, 0.717) is 31.7 Å². The summed E-state index contributed by atoms with van der Waals surface area (Å²) in [5, 5.41) is 1.26. The molecule has 1 aromatic carbocycles. The van der Waals surface area contributed by atoms with Crippen LogP contribution in [0, 0.1) is 28.6 Å². The number of aryl methyl sites for hydroxylation is 1. The molecule has 52 heavy (non-hydrogen) atoms. The third kappa shape index (κ3) is 6.99. The van der Waals surface area contributed by atoms with Crippen LogP contribution in [0.25, 0.3) is 10.8 Å². The van der Waals surface area contributed by atoms with Crippen molar-refractivity contribution in [3.8, 4) is 5.88 Å². The van der Waals surface area contributed by atoms with Crippen molar-refractivity contribution in [1.29, 1.82) is 0 Å². The van der Waals surface area contributed by atoms with Gasteiger partial charge in [-0.05, 0) is 99.1 Å². The fourth-order valence-electron chi connectivity index (χ4n) is 9.15. The molecule has 278 valence electrons. The lowest BCUT2D eigenvalue weighted by Crippen LogP contribution is -2.47. The molecule has 6 aliphatic rings. The summed E-state index contributed by atoms with van der Waals surface area (Å²) in [5.74, 6) is -2.23. The number of hydrogen-bond acceptors (Lipinski definition) is 9. The van der Waals surface area contributed by atoms with Crippen LogP contribution in [-0.4, -0.2) is 72.4 Å². The second-order valence-electron chi connectivity index (χ2n) is 16.5. The number of ether oxygens (including phenoxy) is 2. The zero-order chi connectivity index (χ0) is 36.3. The summed E-state index contributed by atoms with van der Waals surface area (Å²) >= 11 is 0. The number of carbonyl (C=O) groups excluding carboxylic acids is 4. The predicted molar refractivity (Wildman–Crippen MR) is 192 cm³/mol. The van der Waals surface area contributed by atoms with Crippen LogP contribution >= 0.6 is 0 Å². The zero-order valence-electron chi connectivity index (χ0n) is 29.7. The molecule has 5 atom stereocenters. The van der Waals surface area contributed by atoms with Gasteiger partial charge in [0.2, 0.25) is 27.7 Å². The van der Waals surface area contributed by atoms with Crippen LogP contribution in [0.4, 0.5) is 0 Å². The summed E-state index contributed by atoms with van der Waals surface area (Å²) in [4.78, 5) is 62.4. The number of nitrogens with one attached hydrogen (secondary N) is 1. The van der Waals surface area contributed by atoms with Gasteiger partial charge in [-0.3, -0.25) is 23.9 Å². The van der Waals surface area contributed by atoms with Gasteiger partial charge in [0.1, 0.15) is 6.10 Å². The largest absolute Gasteiger partial charge is 0.472 e. The van der Waals surface area contributed by atoms with Crippen molar-refractivity contribution in [3.05, 3.63) is 48.7 Å². The van der Waals surface area contributed by atoms with Crippen molar-refractivity contribution in [1.82, 2.24) is 14.6 Å². The van der Waals surface area contributed by atoms with Crippen molar-refractivity contribution in [2.24, 2.45) is 28.6 Å². The number of benzene rings is 1. The van der Waals surface area contributed by atoms with E-state index in [1.54, 1.807) is 17.2 Å². The maximum absolute atomic E-state index is 14.7. The third-order valence-electron chi connectivity index (χ3n) is 12.9. The van der Waals surface area contributed by atoms with Crippen LogP contribution in [0.5, 0.6) is 5.88 Å². The highest BCUT2D eigenvalue weighted by atomic mass is 32.2. The molecule has 4 bridgehead atoms. The number of cyclic esters (lactones) is 1. The number of ketones is 1. The van der Waals surface area contributed by atoms with Crippen molar-refractivity contribution in [2.75, 3.05) is 13.2 Å². The highest BCUT2D eigenvalue weighted by molar-refractivity contribution is 7.90. The monoisotopic (exact) mass is 731 g/mol. The Morgan fingerprint density at radius 3 is 2.56 bits per heavy atom. The van der Waals surface area contributed by atoms with E-state index in [0.717, 1.165) is 74.1 Å². The number of esters is 1. The first-order valence-corrected chi connectivity index (χ1v) is 20.8. The molecular formula is C40H49N3O8S. The van der Waals surface area contributed by atoms with Crippen molar-refractivity contribution < 1.29 is 37.1 Å². The predicted octanol–water partition coefficient (Wildman–Crippen LogP) is 5.20. The van der Waals surface area contributed by atoms with Gasteiger partial charge in [-0.2, -0.15) is 0 Å². The number of nitrogens with zero attached hydrogens (tertiary/aromatic N) is 2. The Labute approximate surface area is 305 Å². The van der Waals surface area contributed by atoms with Gasteiger partial charge in [-0.25, -0.2) is 13.4 Å². The number of pyridine rings is 1. The summed E-state index contributed by atoms with van der Waals surface area (Å²) in [6.45, 7) is 4.32. The molecule has 4 aliphatic carbocycles. The molecule has 0 radical (unpaired) electrons. The van der Waals surface area contributed by atoms with Gasteiger partial charge in [0, 0.05) is 29.8 Å². The van der Waals surface area contributed by atoms with Gasteiger partial charge < -0.3 is 14.4 Å². The number of amides is 2. The topological polar surface area (TPSA) is 149 Å². The minimum absolute atomic E-state index is 0.00673. The van der Waals surface area contributed by atoms with Crippen LogP contribution in [-0.2, 0) is 40.4 Å². The molecule has 4 saturated carbocycles. The number of hydrogen-bond donors (Lipinski definition) is 1. The molecule has 3 heterocycles. The van der Waals surface area contributed by atoms with Gasteiger partial charge in [0.05, 0.1) is 42.2 Å². The molecule has 1 aromatic heterocycles. The number of Topliss-reactive ketones (excluding diaryl/α,β-unsaturated/α-hetero) is 1. The lowest BCUT2D eigenvalue weighted by atomic mass is 9.86. The average molecular weight is 732 g/mol. The summed E-state index contributed by atoms with van der Waals surface area (Å²) in [6.07, 6.45) is 12.4. The quantitative estimate of drug-likeness (QED) is 0.286. The molecule has 2 aliphatic heterocycles. The van der Waals surface area contributed by atoms with E-state index in [-0.39, 0.29) is 60.7 Å². The minimum atomic E-state index is -3.83. The van der Waals surface area contributed by atoms with E-state index in [4.69, 9.17) is 9.47 Å². The van der Waals surface area contributed by atoms with E-state index < -0.39 is 44.7 Å². The maximum Gasteiger partial charge on any atom is 0.306 e.